The quantitative estimate of drug-likeness (QED) is 0.704. The molecule has 0 aliphatic rings. The summed E-state index contributed by atoms with van der Waals surface area (Å²) in [5.41, 5.74) is 3.55. The molecule has 0 bridgehead atoms. The van der Waals surface area contributed by atoms with Crippen molar-refractivity contribution in [1.29, 1.82) is 0 Å². The van der Waals surface area contributed by atoms with E-state index < -0.39 is 0 Å². The Morgan fingerprint density at radius 1 is 1.18 bits per heavy atom. The summed E-state index contributed by atoms with van der Waals surface area (Å²) in [6, 6.07) is 13.5. The Labute approximate surface area is 129 Å². The largest absolute Gasteiger partial charge is 0.494 e. The van der Waals surface area contributed by atoms with Gasteiger partial charge in [0, 0.05) is 17.1 Å². The fourth-order valence-corrected chi connectivity index (χ4v) is 2.38. The number of H-pyrrole nitrogens is 1. The summed E-state index contributed by atoms with van der Waals surface area (Å²) in [5.74, 6) is 0.960. The molecule has 3 aromatic rings. The van der Waals surface area contributed by atoms with Crippen LogP contribution in [0.5, 0.6) is 11.6 Å². The van der Waals surface area contributed by atoms with Gasteiger partial charge in [0.2, 0.25) is 0 Å². The lowest BCUT2D eigenvalue weighted by Gasteiger charge is -2.02. The maximum atomic E-state index is 10.1. The molecular formula is C18H18N2O2. The average molecular weight is 294 g/mol. The topological polar surface area (TPSA) is 57.6 Å². The Kier molecular flexibility index (Phi) is 3.83. The van der Waals surface area contributed by atoms with Crippen LogP contribution in [0.25, 0.3) is 10.9 Å². The van der Waals surface area contributed by atoms with E-state index in [9.17, 15) is 5.11 Å². The summed E-state index contributed by atoms with van der Waals surface area (Å²) < 4.78 is 5.40. The van der Waals surface area contributed by atoms with Gasteiger partial charge in [-0.3, -0.25) is 4.99 Å². The van der Waals surface area contributed by atoms with Crippen molar-refractivity contribution in [3.05, 3.63) is 53.6 Å². The number of rotatable bonds is 4. The number of nitrogens with zero attached hydrogens (tertiary/aromatic N) is 1. The number of aromatic nitrogens is 1. The van der Waals surface area contributed by atoms with Crippen LogP contribution >= 0.6 is 0 Å². The zero-order chi connectivity index (χ0) is 15.5. The summed E-state index contributed by atoms with van der Waals surface area (Å²) in [7, 11) is 0. The molecule has 4 heteroatoms. The van der Waals surface area contributed by atoms with Crippen molar-refractivity contribution >= 4 is 22.8 Å². The molecule has 0 saturated carbocycles. The number of aliphatic imine (C=N–C) groups is 1. The van der Waals surface area contributed by atoms with Gasteiger partial charge in [-0.1, -0.05) is 11.6 Å². The first-order valence-electron chi connectivity index (χ1n) is 7.25. The Morgan fingerprint density at radius 2 is 1.95 bits per heavy atom. The molecule has 0 aliphatic heterocycles. The number of ether oxygens (including phenoxy) is 1. The molecule has 1 heterocycles. The lowest BCUT2D eigenvalue weighted by molar-refractivity contribution is 0.340. The van der Waals surface area contributed by atoms with E-state index in [0.29, 0.717) is 12.2 Å². The molecule has 22 heavy (non-hydrogen) atoms. The molecule has 0 fully saturated rings. The van der Waals surface area contributed by atoms with E-state index in [1.165, 1.54) is 0 Å². The van der Waals surface area contributed by atoms with Crippen LogP contribution in [-0.2, 0) is 0 Å². The first-order valence-corrected chi connectivity index (χ1v) is 7.25. The fourth-order valence-electron chi connectivity index (χ4n) is 2.38. The molecule has 1 aromatic heterocycles. The zero-order valence-corrected chi connectivity index (χ0v) is 12.6. The third-order valence-electron chi connectivity index (χ3n) is 3.46. The molecule has 0 radical (unpaired) electrons. The van der Waals surface area contributed by atoms with E-state index in [-0.39, 0.29) is 5.88 Å². The van der Waals surface area contributed by atoms with Crippen molar-refractivity contribution in [1.82, 2.24) is 4.98 Å². The molecule has 0 spiro atoms. The van der Waals surface area contributed by atoms with Crippen molar-refractivity contribution in [3.63, 3.8) is 0 Å². The first kappa shape index (κ1) is 14.2. The van der Waals surface area contributed by atoms with Crippen LogP contribution in [-0.4, -0.2) is 22.9 Å². The Balaban J connectivity index is 1.91. The van der Waals surface area contributed by atoms with Gasteiger partial charge in [-0.15, -0.1) is 0 Å². The van der Waals surface area contributed by atoms with E-state index in [0.717, 1.165) is 27.9 Å². The van der Waals surface area contributed by atoms with Gasteiger partial charge >= 0.3 is 0 Å². The third kappa shape index (κ3) is 2.81. The van der Waals surface area contributed by atoms with Gasteiger partial charge in [-0.2, -0.15) is 0 Å². The monoisotopic (exact) mass is 294 g/mol. The predicted molar refractivity (Wildman–Crippen MR) is 89.6 cm³/mol. The molecule has 4 nitrogen and oxygen atoms in total. The van der Waals surface area contributed by atoms with Gasteiger partial charge in [-0.25, -0.2) is 0 Å². The Morgan fingerprint density at radius 3 is 2.68 bits per heavy atom. The summed E-state index contributed by atoms with van der Waals surface area (Å²) >= 11 is 0. The highest BCUT2D eigenvalue weighted by atomic mass is 16.5. The SMILES string of the molecule is CCOc1ccc(N=Cc2c(O)[nH]c3ccc(C)cc23)cc1. The van der Waals surface area contributed by atoms with Gasteiger partial charge in [0.25, 0.3) is 0 Å². The van der Waals surface area contributed by atoms with Crippen LogP contribution < -0.4 is 4.74 Å². The maximum absolute atomic E-state index is 10.1. The second-order valence-corrected chi connectivity index (χ2v) is 5.12. The van der Waals surface area contributed by atoms with Crippen LogP contribution in [0.15, 0.2) is 47.5 Å². The van der Waals surface area contributed by atoms with Crippen LogP contribution in [0.1, 0.15) is 18.1 Å². The number of benzene rings is 2. The minimum atomic E-state index is 0.135. The van der Waals surface area contributed by atoms with E-state index >= 15 is 0 Å². The van der Waals surface area contributed by atoms with Crippen molar-refractivity contribution in [2.45, 2.75) is 13.8 Å². The zero-order valence-electron chi connectivity index (χ0n) is 12.6. The Hall–Kier alpha value is -2.75. The number of aromatic amines is 1. The maximum Gasteiger partial charge on any atom is 0.198 e. The summed E-state index contributed by atoms with van der Waals surface area (Å²) in [4.78, 5) is 7.39. The lowest BCUT2D eigenvalue weighted by atomic mass is 10.1. The highest BCUT2D eigenvalue weighted by Gasteiger charge is 2.08. The Bertz CT molecular complexity index is 817. The van der Waals surface area contributed by atoms with Crippen LogP contribution in [0, 0.1) is 6.92 Å². The molecule has 2 aromatic carbocycles. The molecule has 2 N–H and O–H groups in total. The minimum absolute atomic E-state index is 0.135. The predicted octanol–water partition coefficient (Wildman–Crippen LogP) is 4.33. The summed E-state index contributed by atoms with van der Waals surface area (Å²) in [5, 5.41) is 11.0. The number of hydrogen-bond donors (Lipinski definition) is 2. The average Bonchev–Trinajstić information content (AvgIpc) is 2.82. The molecular weight excluding hydrogens is 276 g/mol. The standard InChI is InChI=1S/C18H18N2O2/c1-3-22-14-7-5-13(6-8-14)19-11-16-15-10-12(2)4-9-17(15)20-18(16)21/h4-11,20-21H,3H2,1-2H3. The number of aryl methyl sites for hydroxylation is 1. The number of fused-ring (bicyclic) bond motifs is 1. The van der Waals surface area contributed by atoms with Gasteiger partial charge in [-0.05, 0) is 50.2 Å². The normalized spacial score (nSPS) is 11.4. The highest BCUT2D eigenvalue weighted by Crippen LogP contribution is 2.27. The van der Waals surface area contributed by atoms with Crippen molar-refractivity contribution in [3.8, 4) is 11.6 Å². The van der Waals surface area contributed by atoms with Gasteiger partial charge in [0.15, 0.2) is 5.88 Å². The second kappa shape index (κ2) is 5.93. The molecule has 0 unspecified atom stereocenters. The molecule has 0 atom stereocenters. The fraction of sp³-hybridized carbons (Fsp3) is 0.167. The van der Waals surface area contributed by atoms with E-state index in [2.05, 4.69) is 9.98 Å². The van der Waals surface area contributed by atoms with Crippen LogP contribution in [0.3, 0.4) is 0 Å². The minimum Gasteiger partial charge on any atom is -0.494 e. The van der Waals surface area contributed by atoms with Gasteiger partial charge in [0.1, 0.15) is 5.75 Å². The van der Waals surface area contributed by atoms with Crippen molar-refractivity contribution in [2.24, 2.45) is 4.99 Å². The molecule has 0 aliphatic carbocycles. The second-order valence-electron chi connectivity index (χ2n) is 5.12. The van der Waals surface area contributed by atoms with Gasteiger partial charge < -0.3 is 14.8 Å². The number of aromatic hydroxyl groups is 1. The van der Waals surface area contributed by atoms with Crippen LogP contribution in [0.2, 0.25) is 0 Å². The van der Waals surface area contributed by atoms with Crippen molar-refractivity contribution < 1.29 is 9.84 Å². The summed E-state index contributed by atoms with van der Waals surface area (Å²) in [6.07, 6.45) is 1.68. The first-order chi connectivity index (χ1) is 10.7. The van der Waals surface area contributed by atoms with E-state index in [1.54, 1.807) is 6.21 Å². The van der Waals surface area contributed by atoms with Gasteiger partial charge in [0.05, 0.1) is 17.9 Å². The third-order valence-corrected chi connectivity index (χ3v) is 3.46. The highest BCUT2D eigenvalue weighted by molar-refractivity contribution is 6.02. The molecule has 0 saturated heterocycles. The lowest BCUT2D eigenvalue weighted by Crippen LogP contribution is -1.89. The molecule has 3 rings (SSSR count). The van der Waals surface area contributed by atoms with E-state index in [4.69, 9.17) is 4.74 Å². The summed E-state index contributed by atoms with van der Waals surface area (Å²) in [6.45, 7) is 4.62. The molecule has 0 amide bonds. The van der Waals surface area contributed by atoms with E-state index in [1.807, 2.05) is 56.3 Å². The molecule has 112 valence electrons. The smallest absolute Gasteiger partial charge is 0.198 e. The number of hydrogen-bond acceptors (Lipinski definition) is 3. The number of nitrogens with one attached hydrogen (secondary N) is 1. The van der Waals surface area contributed by atoms with Crippen LogP contribution in [0.4, 0.5) is 5.69 Å². The van der Waals surface area contributed by atoms with Crippen molar-refractivity contribution in [2.75, 3.05) is 6.61 Å².